The summed E-state index contributed by atoms with van der Waals surface area (Å²) in [6.45, 7) is 3.87. The molecule has 0 radical (unpaired) electrons. The van der Waals surface area contributed by atoms with Gasteiger partial charge in [-0.3, -0.25) is 10.2 Å². The number of aromatic nitrogens is 1. The van der Waals surface area contributed by atoms with Gasteiger partial charge in [0.15, 0.2) is 0 Å². The molecule has 1 saturated heterocycles. The third kappa shape index (κ3) is 3.19. The summed E-state index contributed by atoms with van der Waals surface area (Å²) in [5.41, 5.74) is 4.31. The monoisotopic (exact) mass is 323 g/mol. The largest absolute Gasteiger partial charge is 0.355 e. The smallest absolute Gasteiger partial charge is 0.320 e. The van der Waals surface area contributed by atoms with Crippen LogP contribution in [0.15, 0.2) is 36.5 Å². The third-order valence-electron chi connectivity index (χ3n) is 4.52. The number of carbonyl (C=O) groups is 1. The number of likely N-dealkylation sites (tertiary alicyclic amines) is 1. The third-order valence-corrected chi connectivity index (χ3v) is 4.52. The van der Waals surface area contributed by atoms with Gasteiger partial charge in [0.2, 0.25) is 0 Å². The second-order valence-corrected chi connectivity index (χ2v) is 6.30. The van der Waals surface area contributed by atoms with Crippen LogP contribution in [0.4, 0.5) is 22.0 Å². The van der Waals surface area contributed by atoms with Gasteiger partial charge in [0.1, 0.15) is 5.82 Å². The number of amides is 2. The molecule has 0 saturated carbocycles. The summed E-state index contributed by atoms with van der Waals surface area (Å²) in [6, 6.07) is 10.2. The summed E-state index contributed by atoms with van der Waals surface area (Å²) in [5, 5.41) is 8.99. The highest BCUT2D eigenvalue weighted by Crippen LogP contribution is 2.28. The van der Waals surface area contributed by atoms with E-state index in [1.54, 1.807) is 6.20 Å². The van der Waals surface area contributed by atoms with E-state index in [1.807, 2.05) is 6.07 Å². The summed E-state index contributed by atoms with van der Waals surface area (Å²) in [5.74, 6) is 0.622. The molecule has 3 N–H and O–H groups in total. The number of nitrogens with one attached hydrogen (secondary N) is 3. The van der Waals surface area contributed by atoms with E-state index in [2.05, 4.69) is 50.1 Å². The first-order valence-electron chi connectivity index (χ1n) is 8.39. The maximum Gasteiger partial charge on any atom is 0.320 e. The first-order chi connectivity index (χ1) is 11.8. The quantitative estimate of drug-likeness (QED) is 0.809. The summed E-state index contributed by atoms with van der Waals surface area (Å²) < 4.78 is 0. The number of anilines is 3. The van der Waals surface area contributed by atoms with Crippen LogP contribution < -0.4 is 16.0 Å². The van der Waals surface area contributed by atoms with Crippen molar-refractivity contribution in [1.29, 1.82) is 0 Å². The Morgan fingerprint density at radius 2 is 2.08 bits per heavy atom. The first kappa shape index (κ1) is 15.0. The van der Waals surface area contributed by atoms with Crippen molar-refractivity contribution >= 4 is 23.2 Å². The van der Waals surface area contributed by atoms with Gasteiger partial charge in [0, 0.05) is 29.7 Å². The van der Waals surface area contributed by atoms with E-state index in [0.29, 0.717) is 12.4 Å². The van der Waals surface area contributed by atoms with Gasteiger partial charge in [-0.2, -0.15) is 0 Å². The van der Waals surface area contributed by atoms with Gasteiger partial charge < -0.3 is 10.6 Å². The molecule has 1 aromatic heterocycles. The second kappa shape index (κ2) is 6.49. The second-order valence-electron chi connectivity index (χ2n) is 6.30. The van der Waals surface area contributed by atoms with Crippen molar-refractivity contribution in [2.24, 2.45) is 0 Å². The molecular weight excluding hydrogens is 302 g/mol. The van der Waals surface area contributed by atoms with Crippen LogP contribution >= 0.6 is 0 Å². The predicted octanol–water partition coefficient (Wildman–Crippen LogP) is 3.06. The van der Waals surface area contributed by atoms with Crippen LogP contribution in [-0.4, -0.2) is 29.0 Å². The number of urea groups is 1. The summed E-state index contributed by atoms with van der Waals surface area (Å²) >= 11 is 0. The van der Waals surface area contributed by atoms with E-state index >= 15 is 0 Å². The van der Waals surface area contributed by atoms with Crippen LogP contribution in [0.3, 0.4) is 0 Å². The van der Waals surface area contributed by atoms with Gasteiger partial charge in [0.25, 0.3) is 0 Å². The minimum atomic E-state index is -0.209. The molecule has 0 unspecified atom stereocenters. The van der Waals surface area contributed by atoms with Gasteiger partial charge >= 0.3 is 6.03 Å². The van der Waals surface area contributed by atoms with E-state index < -0.39 is 0 Å². The lowest BCUT2D eigenvalue weighted by atomic mass is 10.1. The highest BCUT2D eigenvalue weighted by Gasteiger charge is 2.18. The molecule has 3 heterocycles. The number of rotatable bonds is 4. The molecule has 0 atom stereocenters. The van der Waals surface area contributed by atoms with Crippen LogP contribution in [-0.2, 0) is 13.1 Å². The van der Waals surface area contributed by atoms with Crippen LogP contribution in [0.2, 0.25) is 0 Å². The highest BCUT2D eigenvalue weighted by molar-refractivity contribution is 5.92. The molecule has 2 aliphatic rings. The van der Waals surface area contributed by atoms with Crippen LogP contribution in [0.25, 0.3) is 0 Å². The molecule has 6 heteroatoms. The molecule has 2 amide bonds. The van der Waals surface area contributed by atoms with E-state index in [-0.39, 0.29) is 6.03 Å². The minimum Gasteiger partial charge on any atom is -0.355 e. The van der Waals surface area contributed by atoms with E-state index in [4.69, 9.17) is 0 Å². The average Bonchev–Trinajstić information content (AvgIpc) is 3.08. The Hall–Kier alpha value is -2.60. The number of hydrogen-bond donors (Lipinski definition) is 3. The number of fused-ring (bicyclic) bond motifs is 1. The number of carbonyl (C=O) groups excluding carboxylic acids is 1. The van der Waals surface area contributed by atoms with Crippen molar-refractivity contribution in [2.75, 3.05) is 23.7 Å². The molecule has 0 spiro atoms. The molecule has 6 nitrogen and oxygen atoms in total. The minimum absolute atomic E-state index is 0.209. The number of benzene rings is 1. The topological polar surface area (TPSA) is 69.3 Å². The van der Waals surface area contributed by atoms with Gasteiger partial charge in [-0.05, 0) is 49.7 Å². The number of nitrogens with zero attached hydrogens (tertiary/aromatic N) is 2. The Morgan fingerprint density at radius 1 is 1.21 bits per heavy atom. The van der Waals surface area contributed by atoms with Crippen molar-refractivity contribution < 1.29 is 4.79 Å². The Kier molecular flexibility index (Phi) is 4.04. The normalized spacial score (nSPS) is 17.1. The standard InChI is InChI=1S/C18H21N5O/c24-18-20-11-15-16(6-7-19-17(15)22-18)21-14-5-3-4-13(10-14)12-23-8-1-2-9-23/h3-7,10H,1-2,8-9,11-12H2,(H3,19,20,21,22,24). The Bertz CT molecular complexity index is 755. The molecule has 4 rings (SSSR count). The lowest BCUT2D eigenvalue weighted by Gasteiger charge is -2.21. The van der Waals surface area contributed by atoms with E-state index in [1.165, 1.54) is 31.5 Å². The van der Waals surface area contributed by atoms with Crippen LogP contribution in [0.1, 0.15) is 24.0 Å². The van der Waals surface area contributed by atoms with Gasteiger partial charge in [-0.1, -0.05) is 12.1 Å². The highest BCUT2D eigenvalue weighted by atomic mass is 16.2. The molecule has 1 fully saturated rings. The van der Waals surface area contributed by atoms with Crippen LogP contribution in [0.5, 0.6) is 0 Å². The zero-order valence-corrected chi connectivity index (χ0v) is 13.5. The fourth-order valence-corrected chi connectivity index (χ4v) is 3.32. The van der Waals surface area contributed by atoms with Crippen molar-refractivity contribution in [2.45, 2.75) is 25.9 Å². The van der Waals surface area contributed by atoms with Crippen LogP contribution in [0, 0.1) is 0 Å². The van der Waals surface area contributed by atoms with Gasteiger partial charge in [0.05, 0.1) is 6.54 Å². The van der Waals surface area contributed by atoms with E-state index in [0.717, 1.165) is 23.5 Å². The van der Waals surface area contributed by atoms with Gasteiger partial charge in [-0.25, -0.2) is 9.78 Å². The lowest BCUT2D eigenvalue weighted by molar-refractivity contribution is 0.250. The maximum absolute atomic E-state index is 11.4. The molecule has 0 aliphatic carbocycles. The SMILES string of the molecule is O=C1NCc2c(Nc3cccc(CN4CCCC4)c3)ccnc2N1. The molecule has 0 bridgehead atoms. The zero-order chi connectivity index (χ0) is 16.4. The van der Waals surface area contributed by atoms with E-state index in [9.17, 15) is 4.79 Å². The first-order valence-corrected chi connectivity index (χ1v) is 8.39. The molecular formula is C18H21N5O. The average molecular weight is 323 g/mol. The van der Waals surface area contributed by atoms with Crippen molar-refractivity contribution in [3.05, 3.63) is 47.7 Å². The fraction of sp³-hybridized carbons (Fsp3) is 0.333. The Morgan fingerprint density at radius 3 is 2.96 bits per heavy atom. The van der Waals surface area contributed by atoms with Gasteiger partial charge in [-0.15, -0.1) is 0 Å². The molecule has 2 aliphatic heterocycles. The Balaban J connectivity index is 1.53. The zero-order valence-electron chi connectivity index (χ0n) is 13.5. The predicted molar refractivity (Wildman–Crippen MR) is 94.3 cm³/mol. The van der Waals surface area contributed by atoms with Crippen molar-refractivity contribution in [1.82, 2.24) is 15.2 Å². The molecule has 1 aromatic carbocycles. The van der Waals surface area contributed by atoms with Crippen molar-refractivity contribution in [3.63, 3.8) is 0 Å². The maximum atomic E-state index is 11.4. The number of hydrogen-bond acceptors (Lipinski definition) is 4. The summed E-state index contributed by atoms with van der Waals surface area (Å²) in [4.78, 5) is 18.1. The summed E-state index contributed by atoms with van der Waals surface area (Å²) in [7, 11) is 0. The molecule has 124 valence electrons. The van der Waals surface area contributed by atoms with Crippen molar-refractivity contribution in [3.8, 4) is 0 Å². The molecule has 2 aromatic rings. The summed E-state index contributed by atoms with van der Waals surface area (Å²) in [6.07, 6.45) is 4.32. The number of pyridine rings is 1. The Labute approximate surface area is 141 Å². The lowest BCUT2D eigenvalue weighted by Crippen LogP contribution is -2.34. The molecule has 24 heavy (non-hydrogen) atoms. The fourth-order valence-electron chi connectivity index (χ4n) is 3.32.